The number of hydrogen-bond donors (Lipinski definition) is 1. The predicted octanol–water partition coefficient (Wildman–Crippen LogP) is 2.83. The van der Waals surface area contributed by atoms with E-state index >= 15 is 0 Å². The average Bonchev–Trinajstić information content (AvgIpc) is 3.19. The Hall–Kier alpha value is -1.06. The first-order valence-electron chi connectivity index (χ1n) is 6.71. The minimum absolute atomic E-state index is 0. The molecular weight excluding hydrogens is 260 g/mol. The number of amides is 1. The molecule has 1 fully saturated rings. The number of hydrogen-bond acceptors (Lipinski definition) is 2. The smallest absolute Gasteiger partial charge is 0.254 e. The molecule has 0 unspecified atom stereocenters. The van der Waals surface area contributed by atoms with E-state index in [2.05, 4.69) is 13.8 Å². The number of benzene rings is 1. The molecule has 0 spiro atoms. The molecule has 3 nitrogen and oxygen atoms in total. The van der Waals surface area contributed by atoms with Gasteiger partial charge < -0.3 is 10.6 Å². The maximum Gasteiger partial charge on any atom is 0.254 e. The lowest BCUT2D eigenvalue weighted by Gasteiger charge is -2.24. The van der Waals surface area contributed by atoms with Crippen molar-refractivity contribution in [1.29, 1.82) is 0 Å². The van der Waals surface area contributed by atoms with Crippen molar-refractivity contribution < 1.29 is 4.79 Å². The SMILES string of the molecule is CC(C)CN(C(=O)c1ccc(CN)cc1)C1CC1.Cl. The fraction of sp³-hybridized carbons (Fsp3) is 0.533. The standard InChI is InChI=1S/C15H22N2O.ClH/c1-11(2)10-17(14-7-8-14)15(18)13-5-3-12(9-16)4-6-13;/h3-6,11,14H,7-10,16H2,1-2H3;1H. The van der Waals surface area contributed by atoms with Crippen LogP contribution in [0.2, 0.25) is 0 Å². The minimum Gasteiger partial charge on any atom is -0.335 e. The topological polar surface area (TPSA) is 46.3 Å². The fourth-order valence-electron chi connectivity index (χ4n) is 2.13. The Morgan fingerprint density at radius 3 is 2.32 bits per heavy atom. The van der Waals surface area contributed by atoms with E-state index in [1.165, 1.54) is 0 Å². The lowest BCUT2D eigenvalue weighted by Crippen LogP contribution is -2.36. The Morgan fingerprint density at radius 2 is 1.89 bits per heavy atom. The zero-order valence-electron chi connectivity index (χ0n) is 11.6. The lowest BCUT2D eigenvalue weighted by atomic mass is 10.1. The van der Waals surface area contributed by atoms with Crippen molar-refractivity contribution in [3.63, 3.8) is 0 Å². The number of carbonyl (C=O) groups is 1. The predicted molar refractivity (Wildman–Crippen MR) is 80.5 cm³/mol. The van der Waals surface area contributed by atoms with Crippen LogP contribution in [0.3, 0.4) is 0 Å². The van der Waals surface area contributed by atoms with E-state index in [0.29, 0.717) is 18.5 Å². The van der Waals surface area contributed by atoms with Crippen LogP contribution < -0.4 is 5.73 Å². The fourth-order valence-corrected chi connectivity index (χ4v) is 2.13. The van der Waals surface area contributed by atoms with Crippen molar-refractivity contribution in [3.05, 3.63) is 35.4 Å². The van der Waals surface area contributed by atoms with Gasteiger partial charge in [0.25, 0.3) is 5.91 Å². The van der Waals surface area contributed by atoms with Gasteiger partial charge in [-0.2, -0.15) is 0 Å². The van der Waals surface area contributed by atoms with Gasteiger partial charge in [0.05, 0.1) is 0 Å². The zero-order chi connectivity index (χ0) is 13.1. The second-order valence-corrected chi connectivity index (χ2v) is 5.48. The van der Waals surface area contributed by atoms with E-state index in [0.717, 1.165) is 30.5 Å². The molecule has 0 radical (unpaired) electrons. The van der Waals surface area contributed by atoms with E-state index in [1.807, 2.05) is 29.2 Å². The maximum atomic E-state index is 12.5. The monoisotopic (exact) mass is 282 g/mol. The van der Waals surface area contributed by atoms with Gasteiger partial charge in [0.15, 0.2) is 0 Å². The third kappa shape index (κ3) is 4.22. The van der Waals surface area contributed by atoms with Crippen molar-refractivity contribution in [2.45, 2.75) is 39.3 Å². The van der Waals surface area contributed by atoms with E-state index < -0.39 is 0 Å². The summed E-state index contributed by atoms with van der Waals surface area (Å²) in [6.45, 7) is 5.68. The molecule has 1 amide bonds. The third-order valence-electron chi connectivity index (χ3n) is 3.25. The van der Waals surface area contributed by atoms with Gasteiger partial charge in [-0.3, -0.25) is 4.79 Å². The number of rotatable bonds is 5. The van der Waals surface area contributed by atoms with Gasteiger partial charge in [0.2, 0.25) is 0 Å². The molecule has 1 aliphatic rings. The Bertz CT molecular complexity index is 413. The van der Waals surface area contributed by atoms with Crippen LogP contribution in [-0.2, 0) is 6.54 Å². The number of nitrogens with two attached hydrogens (primary N) is 1. The molecule has 106 valence electrons. The van der Waals surface area contributed by atoms with E-state index in [4.69, 9.17) is 5.73 Å². The molecule has 4 heteroatoms. The summed E-state index contributed by atoms with van der Waals surface area (Å²) in [6.07, 6.45) is 2.30. The molecule has 1 aromatic carbocycles. The number of nitrogens with zero attached hydrogens (tertiary/aromatic N) is 1. The Morgan fingerprint density at radius 1 is 1.32 bits per heavy atom. The van der Waals surface area contributed by atoms with Gasteiger partial charge in [-0.25, -0.2) is 0 Å². The van der Waals surface area contributed by atoms with Crippen molar-refractivity contribution in [3.8, 4) is 0 Å². The van der Waals surface area contributed by atoms with Crippen molar-refractivity contribution in [2.24, 2.45) is 11.7 Å². The Kier molecular flexibility index (Phi) is 5.83. The molecule has 1 aromatic rings. The third-order valence-corrected chi connectivity index (χ3v) is 3.25. The summed E-state index contributed by atoms with van der Waals surface area (Å²) in [5, 5.41) is 0. The average molecular weight is 283 g/mol. The summed E-state index contributed by atoms with van der Waals surface area (Å²) >= 11 is 0. The van der Waals surface area contributed by atoms with Crippen LogP contribution in [0.5, 0.6) is 0 Å². The molecule has 0 heterocycles. The molecule has 2 rings (SSSR count). The normalized spacial score (nSPS) is 14.1. The highest BCUT2D eigenvalue weighted by molar-refractivity contribution is 5.94. The first kappa shape index (κ1) is 16.0. The summed E-state index contributed by atoms with van der Waals surface area (Å²) in [5.74, 6) is 0.674. The summed E-state index contributed by atoms with van der Waals surface area (Å²) < 4.78 is 0. The molecule has 0 atom stereocenters. The van der Waals surface area contributed by atoms with Gasteiger partial charge in [-0.15, -0.1) is 12.4 Å². The second kappa shape index (κ2) is 6.92. The summed E-state index contributed by atoms with van der Waals surface area (Å²) in [5.41, 5.74) is 7.41. The highest BCUT2D eigenvalue weighted by Gasteiger charge is 2.33. The minimum atomic E-state index is 0. The van der Waals surface area contributed by atoms with Crippen LogP contribution >= 0.6 is 12.4 Å². The quantitative estimate of drug-likeness (QED) is 0.903. The Labute approximate surface area is 121 Å². The largest absolute Gasteiger partial charge is 0.335 e. The van der Waals surface area contributed by atoms with Crippen molar-refractivity contribution in [1.82, 2.24) is 4.90 Å². The molecule has 1 aliphatic carbocycles. The van der Waals surface area contributed by atoms with Gasteiger partial charge in [-0.05, 0) is 36.5 Å². The van der Waals surface area contributed by atoms with Gasteiger partial charge >= 0.3 is 0 Å². The summed E-state index contributed by atoms with van der Waals surface area (Å²) in [4.78, 5) is 14.5. The van der Waals surface area contributed by atoms with Crippen LogP contribution in [0.25, 0.3) is 0 Å². The van der Waals surface area contributed by atoms with E-state index in [1.54, 1.807) is 0 Å². The highest BCUT2D eigenvalue weighted by atomic mass is 35.5. The number of carbonyl (C=O) groups excluding carboxylic acids is 1. The van der Waals surface area contributed by atoms with Crippen LogP contribution in [0.1, 0.15) is 42.6 Å². The van der Waals surface area contributed by atoms with Crippen LogP contribution in [-0.4, -0.2) is 23.4 Å². The first-order chi connectivity index (χ1) is 8.61. The molecular formula is C15H23ClN2O. The van der Waals surface area contributed by atoms with Gasteiger partial charge in [0.1, 0.15) is 0 Å². The molecule has 0 bridgehead atoms. The number of halogens is 1. The summed E-state index contributed by atoms with van der Waals surface area (Å²) in [7, 11) is 0. The van der Waals surface area contributed by atoms with E-state index in [9.17, 15) is 4.79 Å². The first-order valence-corrected chi connectivity index (χ1v) is 6.71. The van der Waals surface area contributed by atoms with Crippen LogP contribution in [0.4, 0.5) is 0 Å². The van der Waals surface area contributed by atoms with Gasteiger partial charge in [-0.1, -0.05) is 26.0 Å². The Balaban J connectivity index is 0.00000180. The molecule has 0 saturated heterocycles. The van der Waals surface area contributed by atoms with Gasteiger partial charge in [0, 0.05) is 24.7 Å². The van der Waals surface area contributed by atoms with Crippen molar-refractivity contribution >= 4 is 18.3 Å². The molecule has 19 heavy (non-hydrogen) atoms. The van der Waals surface area contributed by atoms with Crippen molar-refractivity contribution in [2.75, 3.05) is 6.54 Å². The zero-order valence-corrected chi connectivity index (χ0v) is 12.5. The summed E-state index contributed by atoms with van der Waals surface area (Å²) in [6, 6.07) is 8.12. The van der Waals surface area contributed by atoms with Crippen LogP contribution in [0.15, 0.2) is 24.3 Å². The maximum absolute atomic E-state index is 12.5. The lowest BCUT2D eigenvalue weighted by molar-refractivity contribution is 0.0722. The molecule has 0 aliphatic heterocycles. The molecule has 2 N–H and O–H groups in total. The van der Waals surface area contributed by atoms with Crippen LogP contribution in [0, 0.1) is 5.92 Å². The molecule has 1 saturated carbocycles. The highest BCUT2D eigenvalue weighted by Crippen LogP contribution is 2.29. The van der Waals surface area contributed by atoms with E-state index in [-0.39, 0.29) is 18.3 Å². The second-order valence-electron chi connectivity index (χ2n) is 5.48. The molecule has 0 aromatic heterocycles.